The summed E-state index contributed by atoms with van der Waals surface area (Å²) in [7, 11) is 0. The summed E-state index contributed by atoms with van der Waals surface area (Å²) < 4.78 is 3.79. The van der Waals surface area contributed by atoms with Crippen molar-refractivity contribution < 1.29 is 0 Å². The fraction of sp³-hybridized carbons (Fsp3) is 0.278. The van der Waals surface area contributed by atoms with Crippen molar-refractivity contribution in [1.29, 1.82) is 0 Å². The number of hydrogen-bond donors (Lipinski definition) is 2. The van der Waals surface area contributed by atoms with Crippen LogP contribution in [-0.4, -0.2) is 24.7 Å². The van der Waals surface area contributed by atoms with Crippen LogP contribution in [-0.2, 0) is 19.6 Å². The Morgan fingerprint density at radius 1 is 1.20 bits per heavy atom. The molecule has 0 unspecified atom stereocenters. The molecule has 3 aromatic rings. The largest absolute Gasteiger partial charge is 0.358 e. The molecule has 0 bridgehead atoms. The number of rotatable bonds is 6. The van der Waals surface area contributed by atoms with E-state index < -0.39 is 0 Å². The Morgan fingerprint density at radius 3 is 2.80 bits per heavy atom. The highest BCUT2D eigenvalue weighted by molar-refractivity contribution is 7.80. The van der Waals surface area contributed by atoms with Crippen molar-refractivity contribution in [3.8, 4) is 0 Å². The molecule has 0 radical (unpaired) electrons. The van der Waals surface area contributed by atoms with Crippen molar-refractivity contribution in [2.24, 2.45) is 0 Å². The van der Waals surface area contributed by atoms with E-state index in [1.807, 2.05) is 46.2 Å². The van der Waals surface area contributed by atoms with Crippen molar-refractivity contribution in [1.82, 2.24) is 24.9 Å². The Hall–Kier alpha value is -2.67. The highest BCUT2D eigenvalue weighted by atomic mass is 32.1. The van der Waals surface area contributed by atoms with E-state index in [1.54, 1.807) is 0 Å². The van der Waals surface area contributed by atoms with E-state index in [4.69, 9.17) is 12.2 Å². The van der Waals surface area contributed by atoms with Gasteiger partial charge in [0.1, 0.15) is 0 Å². The van der Waals surface area contributed by atoms with Gasteiger partial charge in [0, 0.05) is 37.1 Å². The van der Waals surface area contributed by atoms with Crippen LogP contribution < -0.4 is 10.6 Å². The van der Waals surface area contributed by atoms with Crippen LogP contribution >= 0.6 is 12.2 Å². The van der Waals surface area contributed by atoms with Crippen LogP contribution in [0.5, 0.6) is 0 Å². The average Bonchev–Trinajstić information content (AvgIpc) is 3.24. The van der Waals surface area contributed by atoms with Crippen molar-refractivity contribution in [3.05, 3.63) is 65.6 Å². The summed E-state index contributed by atoms with van der Waals surface area (Å²) in [6.07, 6.45) is 5.80. The highest BCUT2D eigenvalue weighted by Crippen LogP contribution is 2.10. The molecule has 2 heterocycles. The summed E-state index contributed by atoms with van der Waals surface area (Å²) in [5.41, 5.74) is 3.61. The first-order chi connectivity index (χ1) is 12.1. The third-order valence-corrected chi connectivity index (χ3v) is 4.19. The fourth-order valence-electron chi connectivity index (χ4n) is 2.49. The van der Waals surface area contributed by atoms with Crippen molar-refractivity contribution in [2.75, 3.05) is 5.32 Å². The molecule has 0 spiro atoms. The lowest BCUT2D eigenvalue weighted by atomic mass is 10.1. The number of thiocarbonyl (C=S) groups is 1. The van der Waals surface area contributed by atoms with E-state index in [2.05, 4.69) is 46.8 Å². The smallest absolute Gasteiger partial charge is 0.172 e. The molecule has 0 saturated carbocycles. The summed E-state index contributed by atoms with van der Waals surface area (Å²) >= 11 is 5.33. The minimum Gasteiger partial charge on any atom is -0.358 e. The van der Waals surface area contributed by atoms with Gasteiger partial charge in [-0.2, -0.15) is 10.2 Å². The zero-order chi connectivity index (χ0) is 17.6. The maximum atomic E-state index is 5.33. The molecule has 6 nitrogen and oxygen atoms in total. The van der Waals surface area contributed by atoms with Crippen molar-refractivity contribution in [2.45, 2.75) is 33.5 Å². The molecule has 0 aliphatic rings. The Labute approximate surface area is 152 Å². The molecule has 0 amide bonds. The Bertz CT molecular complexity index is 851. The SMILES string of the molecule is CCn1cc(CNC(=S)Nc2ccn(Cc3ccccc3C)n2)cn1. The van der Waals surface area contributed by atoms with E-state index in [1.165, 1.54) is 11.1 Å². The third kappa shape index (κ3) is 4.67. The highest BCUT2D eigenvalue weighted by Gasteiger charge is 2.04. The lowest BCUT2D eigenvalue weighted by Gasteiger charge is -2.08. The molecule has 0 fully saturated rings. The molecule has 7 heteroatoms. The molecule has 3 rings (SSSR count). The topological polar surface area (TPSA) is 59.7 Å². The minimum absolute atomic E-state index is 0.547. The Kier molecular flexibility index (Phi) is 5.45. The molecular weight excluding hydrogens is 332 g/mol. The van der Waals surface area contributed by atoms with Gasteiger partial charge in [-0.25, -0.2) is 0 Å². The van der Waals surface area contributed by atoms with Crippen LogP contribution in [0, 0.1) is 6.92 Å². The van der Waals surface area contributed by atoms with Crippen LogP contribution in [0.25, 0.3) is 0 Å². The van der Waals surface area contributed by atoms with E-state index in [0.717, 1.165) is 24.5 Å². The van der Waals surface area contributed by atoms with E-state index in [-0.39, 0.29) is 0 Å². The zero-order valence-electron chi connectivity index (χ0n) is 14.4. The van der Waals surface area contributed by atoms with Gasteiger partial charge in [-0.05, 0) is 37.2 Å². The molecule has 0 atom stereocenters. The number of aromatic nitrogens is 4. The summed E-state index contributed by atoms with van der Waals surface area (Å²) in [6, 6.07) is 10.2. The summed E-state index contributed by atoms with van der Waals surface area (Å²) in [5.74, 6) is 0.732. The van der Waals surface area contributed by atoms with Crippen LogP contribution in [0.2, 0.25) is 0 Å². The normalized spacial score (nSPS) is 10.6. The predicted octanol–water partition coefficient (Wildman–Crippen LogP) is 2.94. The fourth-order valence-corrected chi connectivity index (χ4v) is 2.67. The van der Waals surface area contributed by atoms with Crippen molar-refractivity contribution in [3.63, 3.8) is 0 Å². The van der Waals surface area contributed by atoms with E-state index >= 15 is 0 Å². The minimum atomic E-state index is 0.547. The first-order valence-electron chi connectivity index (χ1n) is 8.28. The zero-order valence-corrected chi connectivity index (χ0v) is 15.3. The Balaban J connectivity index is 1.52. The van der Waals surface area contributed by atoms with Gasteiger partial charge < -0.3 is 10.6 Å². The van der Waals surface area contributed by atoms with Crippen LogP contribution in [0.3, 0.4) is 0 Å². The van der Waals surface area contributed by atoms with Gasteiger partial charge in [0.25, 0.3) is 0 Å². The maximum Gasteiger partial charge on any atom is 0.172 e. The first-order valence-corrected chi connectivity index (χ1v) is 8.69. The van der Waals surface area contributed by atoms with Gasteiger partial charge in [-0.3, -0.25) is 9.36 Å². The molecule has 2 aromatic heterocycles. The van der Waals surface area contributed by atoms with E-state index in [9.17, 15) is 0 Å². The van der Waals surface area contributed by atoms with Crippen LogP contribution in [0.1, 0.15) is 23.6 Å². The molecule has 0 saturated heterocycles. The molecule has 0 aliphatic carbocycles. The number of hydrogen-bond acceptors (Lipinski definition) is 3. The van der Waals surface area contributed by atoms with Gasteiger partial charge in [-0.1, -0.05) is 24.3 Å². The third-order valence-electron chi connectivity index (χ3n) is 3.94. The molecule has 0 aliphatic heterocycles. The summed E-state index contributed by atoms with van der Waals surface area (Å²) in [6.45, 7) is 6.41. The second kappa shape index (κ2) is 7.94. The second-order valence-corrected chi connectivity index (χ2v) is 6.25. The number of nitrogens with one attached hydrogen (secondary N) is 2. The van der Waals surface area contributed by atoms with Gasteiger partial charge >= 0.3 is 0 Å². The standard InChI is InChI=1S/C18H22N6S/c1-3-23-12-15(11-20-23)10-19-18(25)21-17-8-9-24(22-17)13-16-7-5-4-6-14(16)2/h4-9,11-12H,3,10,13H2,1-2H3,(H2,19,21,22,25). The van der Waals surface area contributed by atoms with E-state index in [0.29, 0.717) is 11.7 Å². The van der Waals surface area contributed by atoms with Gasteiger partial charge in [-0.15, -0.1) is 0 Å². The predicted molar refractivity (Wildman–Crippen MR) is 103 cm³/mol. The number of benzene rings is 1. The first kappa shape index (κ1) is 17.2. The Morgan fingerprint density at radius 2 is 2.04 bits per heavy atom. The molecular formula is C18H22N6S. The number of nitrogens with zero attached hydrogens (tertiary/aromatic N) is 4. The number of aryl methyl sites for hydroxylation is 2. The second-order valence-electron chi connectivity index (χ2n) is 5.84. The van der Waals surface area contributed by atoms with Crippen LogP contribution in [0.15, 0.2) is 48.9 Å². The molecule has 2 N–H and O–H groups in total. The monoisotopic (exact) mass is 354 g/mol. The molecule has 25 heavy (non-hydrogen) atoms. The lowest BCUT2D eigenvalue weighted by molar-refractivity contribution is 0.659. The summed E-state index contributed by atoms with van der Waals surface area (Å²) in [5, 5.41) is 15.6. The lowest BCUT2D eigenvalue weighted by Crippen LogP contribution is -2.28. The molecule has 130 valence electrons. The average molecular weight is 354 g/mol. The van der Waals surface area contributed by atoms with Crippen LogP contribution in [0.4, 0.5) is 5.82 Å². The molecule has 1 aromatic carbocycles. The summed E-state index contributed by atoms with van der Waals surface area (Å²) in [4.78, 5) is 0. The maximum absolute atomic E-state index is 5.33. The van der Waals surface area contributed by atoms with Gasteiger partial charge in [0.2, 0.25) is 0 Å². The van der Waals surface area contributed by atoms with Gasteiger partial charge in [0.15, 0.2) is 10.9 Å². The number of anilines is 1. The quantitative estimate of drug-likeness (QED) is 0.667. The van der Waals surface area contributed by atoms with Crippen molar-refractivity contribution >= 4 is 23.1 Å². The van der Waals surface area contributed by atoms with Gasteiger partial charge in [0.05, 0.1) is 12.7 Å².